The first-order valence-corrected chi connectivity index (χ1v) is 11.7. The lowest BCUT2D eigenvalue weighted by Crippen LogP contribution is -2.41. The van der Waals surface area contributed by atoms with Crippen molar-refractivity contribution in [1.82, 2.24) is 16.3 Å². The number of nitrogens with one attached hydrogen (secondary N) is 3. The molecule has 1 aromatic heterocycles. The number of furan rings is 1. The number of fused-ring (bicyclic) bond motifs is 1. The summed E-state index contributed by atoms with van der Waals surface area (Å²) in [7, 11) is 1.53. The Balaban J connectivity index is 1.47. The second-order valence-electron chi connectivity index (χ2n) is 7.85. The Morgan fingerprint density at radius 1 is 0.971 bits per heavy atom. The van der Waals surface area contributed by atoms with E-state index in [2.05, 4.69) is 37.3 Å². The van der Waals surface area contributed by atoms with Crippen LogP contribution in [0.15, 0.2) is 62.5 Å². The fourth-order valence-corrected chi connectivity index (χ4v) is 4.05. The molecule has 3 N–H and O–H groups in total. The number of rotatable bonds is 5. The summed E-state index contributed by atoms with van der Waals surface area (Å²) in [4.78, 5) is 37.6. The second-order valence-corrected chi connectivity index (χ2v) is 8.77. The van der Waals surface area contributed by atoms with E-state index in [9.17, 15) is 14.4 Å². The normalized spacial score (nSPS) is 13.6. The number of carbonyl (C=O) groups excluding carboxylic acids is 3. The van der Waals surface area contributed by atoms with E-state index >= 15 is 0 Å². The molecule has 9 nitrogen and oxygen atoms in total. The number of nitrogens with zero attached hydrogens (tertiary/aromatic N) is 1. The van der Waals surface area contributed by atoms with Crippen molar-refractivity contribution in [2.24, 2.45) is 5.10 Å². The van der Waals surface area contributed by atoms with Crippen molar-refractivity contribution >= 4 is 39.4 Å². The van der Waals surface area contributed by atoms with Crippen LogP contribution in [0.5, 0.6) is 5.75 Å². The number of hydrazine groups is 1. The lowest BCUT2D eigenvalue weighted by molar-refractivity contribution is 0.0829. The van der Waals surface area contributed by atoms with E-state index in [1.54, 1.807) is 55.5 Å². The number of halogens is 1. The van der Waals surface area contributed by atoms with Gasteiger partial charge in [-0.05, 0) is 62.2 Å². The molecule has 1 heterocycles. The first kappa shape index (κ1) is 24.2. The van der Waals surface area contributed by atoms with E-state index < -0.39 is 11.8 Å². The molecule has 1 aliphatic rings. The molecule has 0 fully saturated rings. The number of methoxy groups -OCH3 is 1. The Morgan fingerprint density at radius 2 is 1.71 bits per heavy atom. The quantitative estimate of drug-likeness (QED) is 0.425. The third-order valence-corrected chi connectivity index (χ3v) is 6.08. The molecule has 10 heteroatoms. The van der Waals surface area contributed by atoms with Gasteiger partial charge < -0.3 is 9.15 Å². The highest BCUT2D eigenvalue weighted by molar-refractivity contribution is 9.10. The lowest BCUT2D eigenvalue weighted by Gasteiger charge is -2.13. The van der Waals surface area contributed by atoms with Crippen LogP contribution >= 0.6 is 15.9 Å². The maximum atomic E-state index is 12.7. The number of hydrogen-bond donors (Lipinski definition) is 3. The minimum atomic E-state index is -0.581. The Kier molecular flexibility index (Phi) is 7.31. The van der Waals surface area contributed by atoms with Crippen LogP contribution in [0.3, 0.4) is 0 Å². The van der Waals surface area contributed by atoms with Crippen LogP contribution in [-0.4, -0.2) is 30.5 Å². The number of benzene rings is 2. The number of carbonyl (C=O) groups is 3. The molecule has 2 aromatic carbocycles. The largest absolute Gasteiger partial charge is 0.497 e. The monoisotopic (exact) mass is 538 g/mol. The fraction of sp³-hybridized carbons (Fsp3) is 0.200. The summed E-state index contributed by atoms with van der Waals surface area (Å²) < 4.78 is 11.8. The minimum Gasteiger partial charge on any atom is -0.497 e. The van der Waals surface area contributed by atoms with Crippen molar-refractivity contribution in [3.63, 3.8) is 0 Å². The molecule has 3 amide bonds. The van der Waals surface area contributed by atoms with Crippen molar-refractivity contribution in [3.8, 4) is 5.75 Å². The van der Waals surface area contributed by atoms with Crippen molar-refractivity contribution in [2.45, 2.75) is 26.2 Å². The van der Waals surface area contributed by atoms with Crippen LogP contribution < -0.4 is 21.0 Å². The number of ether oxygens (including phenoxy) is 1. The number of aryl methyl sites for hydroxylation is 1. The topological polar surface area (TPSA) is 122 Å². The first-order valence-electron chi connectivity index (χ1n) is 10.9. The second kappa shape index (κ2) is 10.6. The standard InChI is InChI=1S/C25H23BrN4O5/c1-14-21-19(27-28-24(32)16-5-3-6-18(13-16)34-2)7-4-8-20(21)35-22(14)25(33)30-29-23(31)15-9-11-17(26)12-10-15/h3,5-6,9-13H,4,7-8H2,1-2H3,(H,28,32)(H,29,31)(H,30,33)/b27-19+. The zero-order valence-corrected chi connectivity index (χ0v) is 20.7. The maximum Gasteiger partial charge on any atom is 0.305 e. The SMILES string of the molecule is COc1cccc(C(=O)N/N=C2\CCCc3oc(C(=O)NNC(=O)c4ccc(Br)cc4)c(C)c32)c1. The van der Waals surface area contributed by atoms with Crippen LogP contribution in [0.25, 0.3) is 0 Å². The van der Waals surface area contributed by atoms with Gasteiger partial charge in [0.25, 0.3) is 11.8 Å². The highest BCUT2D eigenvalue weighted by Crippen LogP contribution is 2.29. The van der Waals surface area contributed by atoms with E-state index in [4.69, 9.17) is 9.15 Å². The first-order chi connectivity index (χ1) is 16.9. The van der Waals surface area contributed by atoms with Crippen LogP contribution in [0.4, 0.5) is 0 Å². The Bertz CT molecular complexity index is 1310. The number of hydrazone groups is 1. The van der Waals surface area contributed by atoms with Crippen molar-refractivity contribution in [1.29, 1.82) is 0 Å². The lowest BCUT2D eigenvalue weighted by atomic mass is 9.93. The molecule has 4 rings (SSSR count). The molecule has 0 spiro atoms. The van der Waals surface area contributed by atoms with Crippen LogP contribution in [0.1, 0.15) is 61.0 Å². The molecule has 0 saturated heterocycles. The smallest absolute Gasteiger partial charge is 0.305 e. The van der Waals surface area contributed by atoms with E-state index in [-0.39, 0.29) is 11.7 Å². The van der Waals surface area contributed by atoms with Crippen LogP contribution in [0.2, 0.25) is 0 Å². The molecule has 0 aliphatic heterocycles. The Hall–Kier alpha value is -3.92. The summed E-state index contributed by atoms with van der Waals surface area (Å²) >= 11 is 3.31. The molecule has 0 bridgehead atoms. The third kappa shape index (κ3) is 5.43. The molecule has 180 valence electrons. The molecule has 35 heavy (non-hydrogen) atoms. The summed E-state index contributed by atoms with van der Waals surface area (Å²) in [5.74, 6) is -0.145. The summed E-state index contributed by atoms with van der Waals surface area (Å²) in [5.41, 5.74) is 10.1. The van der Waals surface area contributed by atoms with Gasteiger partial charge in [0.1, 0.15) is 11.5 Å². The predicted octanol–water partition coefficient (Wildman–Crippen LogP) is 3.90. The van der Waals surface area contributed by atoms with E-state index in [0.717, 1.165) is 10.9 Å². The van der Waals surface area contributed by atoms with E-state index in [0.29, 0.717) is 52.3 Å². The van der Waals surface area contributed by atoms with Gasteiger partial charge >= 0.3 is 5.91 Å². The minimum absolute atomic E-state index is 0.0832. The third-order valence-electron chi connectivity index (χ3n) is 5.55. The van der Waals surface area contributed by atoms with Crippen LogP contribution in [0, 0.1) is 6.92 Å². The van der Waals surface area contributed by atoms with Gasteiger partial charge in [-0.25, -0.2) is 5.43 Å². The zero-order chi connectivity index (χ0) is 24.9. The molecular weight excluding hydrogens is 516 g/mol. The average molecular weight is 539 g/mol. The van der Waals surface area contributed by atoms with Crippen molar-refractivity contribution in [2.75, 3.05) is 7.11 Å². The van der Waals surface area contributed by atoms with Gasteiger partial charge in [-0.3, -0.25) is 25.2 Å². The van der Waals surface area contributed by atoms with E-state index in [1.807, 2.05) is 0 Å². The van der Waals surface area contributed by atoms with Gasteiger partial charge in [0.05, 0.1) is 12.8 Å². The molecule has 0 atom stereocenters. The van der Waals surface area contributed by atoms with E-state index in [1.165, 1.54) is 7.11 Å². The van der Waals surface area contributed by atoms with Gasteiger partial charge in [0.2, 0.25) is 0 Å². The van der Waals surface area contributed by atoms with Gasteiger partial charge in [-0.1, -0.05) is 22.0 Å². The van der Waals surface area contributed by atoms with Crippen molar-refractivity contribution < 1.29 is 23.5 Å². The van der Waals surface area contributed by atoms with Crippen molar-refractivity contribution in [3.05, 3.63) is 86.8 Å². The molecular formula is C25H23BrN4O5. The summed E-state index contributed by atoms with van der Waals surface area (Å²) in [6.07, 6.45) is 2.01. The maximum absolute atomic E-state index is 12.7. The Labute approximate surface area is 210 Å². The number of hydrogen-bond acceptors (Lipinski definition) is 6. The summed E-state index contributed by atoms with van der Waals surface area (Å²) in [5, 5.41) is 4.32. The average Bonchev–Trinajstić information content (AvgIpc) is 3.23. The highest BCUT2D eigenvalue weighted by atomic mass is 79.9. The van der Waals surface area contributed by atoms with Gasteiger partial charge in [-0.15, -0.1) is 0 Å². The summed E-state index contributed by atoms with van der Waals surface area (Å²) in [6.45, 7) is 1.75. The fourth-order valence-electron chi connectivity index (χ4n) is 3.79. The van der Waals surface area contributed by atoms with Crippen LogP contribution in [-0.2, 0) is 6.42 Å². The van der Waals surface area contributed by atoms with Gasteiger partial charge in [0, 0.05) is 33.1 Å². The molecule has 0 saturated carbocycles. The number of amides is 3. The zero-order valence-electron chi connectivity index (χ0n) is 19.1. The van der Waals surface area contributed by atoms with Gasteiger partial charge in [0.15, 0.2) is 5.76 Å². The Morgan fingerprint density at radius 3 is 2.46 bits per heavy atom. The molecule has 3 aromatic rings. The summed E-state index contributed by atoms with van der Waals surface area (Å²) in [6, 6.07) is 13.5. The predicted molar refractivity (Wildman–Crippen MR) is 132 cm³/mol. The molecule has 1 aliphatic carbocycles. The molecule has 0 radical (unpaired) electrons. The van der Waals surface area contributed by atoms with Gasteiger partial charge in [-0.2, -0.15) is 5.10 Å². The highest BCUT2D eigenvalue weighted by Gasteiger charge is 2.28. The molecule has 0 unspecified atom stereocenters.